The molecule has 1 aromatic carbocycles. The highest BCUT2D eigenvalue weighted by atomic mass is 32.2. The SMILES string of the molecule is CCNC(=NCC(C)C)NCCS(=O)c1ccccc1. The van der Waals surface area contributed by atoms with E-state index in [2.05, 4.69) is 29.5 Å². The average Bonchev–Trinajstić information content (AvgIpc) is 2.45. The Morgan fingerprint density at radius 1 is 1.25 bits per heavy atom. The zero-order valence-electron chi connectivity index (χ0n) is 12.6. The average molecular weight is 295 g/mol. The Hall–Kier alpha value is -1.36. The molecule has 4 nitrogen and oxygen atoms in total. The molecule has 2 N–H and O–H groups in total. The second kappa shape index (κ2) is 9.53. The number of nitrogens with one attached hydrogen (secondary N) is 2. The maximum atomic E-state index is 12.1. The van der Waals surface area contributed by atoms with Crippen molar-refractivity contribution in [3.63, 3.8) is 0 Å². The predicted octanol–water partition coefficient (Wildman–Crippen LogP) is 2.01. The van der Waals surface area contributed by atoms with Crippen LogP contribution in [0.15, 0.2) is 40.2 Å². The van der Waals surface area contributed by atoms with Gasteiger partial charge in [-0.1, -0.05) is 32.0 Å². The lowest BCUT2D eigenvalue weighted by molar-refractivity contribution is 0.657. The van der Waals surface area contributed by atoms with Crippen LogP contribution in [0.5, 0.6) is 0 Å². The van der Waals surface area contributed by atoms with Crippen LogP contribution in [0.3, 0.4) is 0 Å². The summed E-state index contributed by atoms with van der Waals surface area (Å²) in [5.74, 6) is 1.91. The monoisotopic (exact) mass is 295 g/mol. The Balaban J connectivity index is 2.40. The van der Waals surface area contributed by atoms with Crippen LogP contribution in [-0.2, 0) is 10.8 Å². The molecular weight excluding hydrogens is 270 g/mol. The molecule has 0 spiro atoms. The van der Waals surface area contributed by atoms with Crippen molar-refractivity contribution in [2.24, 2.45) is 10.9 Å². The summed E-state index contributed by atoms with van der Waals surface area (Å²) >= 11 is 0. The minimum absolute atomic E-state index is 0.531. The Kier molecular flexibility index (Phi) is 7.95. The summed E-state index contributed by atoms with van der Waals surface area (Å²) in [6.45, 7) is 8.57. The number of guanidine groups is 1. The lowest BCUT2D eigenvalue weighted by atomic mass is 10.2. The highest BCUT2D eigenvalue weighted by Gasteiger charge is 2.03. The third kappa shape index (κ3) is 6.70. The van der Waals surface area contributed by atoms with Crippen LogP contribution in [0.4, 0.5) is 0 Å². The van der Waals surface area contributed by atoms with Crippen LogP contribution in [0.1, 0.15) is 20.8 Å². The number of nitrogens with zero attached hydrogens (tertiary/aromatic N) is 1. The molecule has 1 rings (SSSR count). The number of hydrogen-bond donors (Lipinski definition) is 2. The molecule has 0 aromatic heterocycles. The molecule has 0 saturated carbocycles. The van der Waals surface area contributed by atoms with E-state index in [1.165, 1.54) is 0 Å². The molecule has 1 unspecified atom stereocenters. The van der Waals surface area contributed by atoms with Crippen LogP contribution in [0.2, 0.25) is 0 Å². The molecule has 20 heavy (non-hydrogen) atoms. The van der Waals surface area contributed by atoms with Crippen molar-refractivity contribution in [3.05, 3.63) is 30.3 Å². The standard InChI is InChI=1S/C15H25N3OS/c1-4-16-15(18-12-13(2)3)17-10-11-20(19)14-8-6-5-7-9-14/h5-9,13H,4,10-12H2,1-3H3,(H2,16,17,18). The normalized spacial score (nSPS) is 13.3. The van der Waals surface area contributed by atoms with Gasteiger partial charge in [0.2, 0.25) is 0 Å². The fourth-order valence-corrected chi connectivity index (χ4v) is 2.55. The molecule has 0 fully saturated rings. The summed E-state index contributed by atoms with van der Waals surface area (Å²) in [6, 6.07) is 9.55. The van der Waals surface area contributed by atoms with E-state index in [1.54, 1.807) is 0 Å². The molecule has 0 aliphatic rings. The van der Waals surface area contributed by atoms with Crippen LogP contribution >= 0.6 is 0 Å². The fraction of sp³-hybridized carbons (Fsp3) is 0.533. The third-order valence-corrected chi connectivity index (χ3v) is 3.92. The molecule has 0 radical (unpaired) electrons. The molecule has 5 heteroatoms. The van der Waals surface area contributed by atoms with Gasteiger partial charge in [-0.3, -0.25) is 9.20 Å². The topological polar surface area (TPSA) is 53.5 Å². The first-order valence-electron chi connectivity index (χ1n) is 7.09. The maximum absolute atomic E-state index is 12.1. The highest BCUT2D eigenvalue weighted by Crippen LogP contribution is 2.04. The quantitative estimate of drug-likeness (QED) is 0.597. The summed E-state index contributed by atoms with van der Waals surface area (Å²) in [4.78, 5) is 5.35. The van der Waals surface area contributed by atoms with Crippen molar-refractivity contribution in [3.8, 4) is 0 Å². The smallest absolute Gasteiger partial charge is 0.191 e. The van der Waals surface area contributed by atoms with Gasteiger partial charge in [-0.05, 0) is 25.0 Å². The molecule has 1 aromatic rings. The molecule has 1 atom stereocenters. The zero-order valence-corrected chi connectivity index (χ0v) is 13.4. The van der Waals surface area contributed by atoms with Gasteiger partial charge in [-0.15, -0.1) is 0 Å². The molecule has 0 heterocycles. The van der Waals surface area contributed by atoms with E-state index in [-0.39, 0.29) is 0 Å². The van der Waals surface area contributed by atoms with Gasteiger partial charge in [0.1, 0.15) is 0 Å². The van der Waals surface area contributed by atoms with Gasteiger partial charge in [0.15, 0.2) is 5.96 Å². The van der Waals surface area contributed by atoms with Gasteiger partial charge in [0, 0.05) is 30.3 Å². The lowest BCUT2D eigenvalue weighted by Crippen LogP contribution is -2.39. The lowest BCUT2D eigenvalue weighted by Gasteiger charge is -2.11. The predicted molar refractivity (Wildman–Crippen MR) is 86.5 cm³/mol. The van der Waals surface area contributed by atoms with Crippen molar-refractivity contribution < 1.29 is 4.21 Å². The molecule has 0 amide bonds. The molecule has 0 saturated heterocycles. The van der Waals surface area contributed by atoms with Gasteiger partial charge in [-0.25, -0.2) is 0 Å². The van der Waals surface area contributed by atoms with E-state index in [9.17, 15) is 4.21 Å². The van der Waals surface area contributed by atoms with Crippen molar-refractivity contribution in [1.29, 1.82) is 0 Å². The minimum atomic E-state index is -0.962. The van der Waals surface area contributed by atoms with Crippen LogP contribution < -0.4 is 10.6 Å². The van der Waals surface area contributed by atoms with Gasteiger partial charge in [-0.2, -0.15) is 0 Å². The van der Waals surface area contributed by atoms with Crippen LogP contribution in [-0.4, -0.2) is 35.6 Å². The van der Waals surface area contributed by atoms with Crippen molar-refractivity contribution in [1.82, 2.24) is 10.6 Å². The molecule has 0 aliphatic carbocycles. The second-order valence-corrected chi connectivity index (χ2v) is 6.47. The van der Waals surface area contributed by atoms with Crippen LogP contribution in [0.25, 0.3) is 0 Å². The molecular formula is C15H25N3OS. The van der Waals surface area contributed by atoms with Crippen molar-refractivity contribution >= 4 is 16.8 Å². The summed E-state index contributed by atoms with van der Waals surface area (Å²) < 4.78 is 12.1. The van der Waals surface area contributed by atoms with E-state index in [4.69, 9.17) is 0 Å². The Morgan fingerprint density at radius 2 is 1.95 bits per heavy atom. The Morgan fingerprint density at radius 3 is 2.55 bits per heavy atom. The molecule has 0 bridgehead atoms. The number of hydrogen-bond acceptors (Lipinski definition) is 2. The molecule has 112 valence electrons. The van der Waals surface area contributed by atoms with Gasteiger partial charge in [0.25, 0.3) is 0 Å². The largest absolute Gasteiger partial charge is 0.357 e. The van der Waals surface area contributed by atoms with E-state index in [0.717, 1.165) is 23.9 Å². The van der Waals surface area contributed by atoms with Crippen molar-refractivity contribution in [2.75, 3.05) is 25.4 Å². The number of rotatable bonds is 7. The first-order chi connectivity index (χ1) is 9.63. The Labute approximate surface area is 124 Å². The summed E-state index contributed by atoms with van der Waals surface area (Å²) in [5, 5.41) is 6.41. The van der Waals surface area contributed by atoms with Crippen molar-refractivity contribution in [2.45, 2.75) is 25.7 Å². The number of aliphatic imine (C=N–C) groups is 1. The summed E-state index contributed by atoms with van der Waals surface area (Å²) in [6.07, 6.45) is 0. The highest BCUT2D eigenvalue weighted by molar-refractivity contribution is 7.85. The fourth-order valence-electron chi connectivity index (χ4n) is 1.57. The maximum Gasteiger partial charge on any atom is 0.191 e. The summed E-state index contributed by atoms with van der Waals surface area (Å²) in [7, 11) is -0.962. The first-order valence-corrected chi connectivity index (χ1v) is 8.41. The van der Waals surface area contributed by atoms with Gasteiger partial charge < -0.3 is 10.6 Å². The van der Waals surface area contributed by atoms with Gasteiger partial charge in [0.05, 0.1) is 10.8 Å². The zero-order chi connectivity index (χ0) is 14.8. The van der Waals surface area contributed by atoms with E-state index < -0.39 is 10.8 Å². The first kappa shape index (κ1) is 16.7. The number of benzene rings is 1. The van der Waals surface area contributed by atoms with E-state index in [1.807, 2.05) is 37.3 Å². The third-order valence-electron chi connectivity index (χ3n) is 2.54. The van der Waals surface area contributed by atoms with Crippen LogP contribution in [0, 0.1) is 5.92 Å². The minimum Gasteiger partial charge on any atom is -0.357 e. The van der Waals surface area contributed by atoms with Gasteiger partial charge >= 0.3 is 0 Å². The molecule has 0 aliphatic heterocycles. The van der Waals surface area contributed by atoms with E-state index >= 15 is 0 Å². The Bertz CT molecular complexity index is 432. The van der Waals surface area contributed by atoms with E-state index in [0.29, 0.717) is 18.2 Å². The second-order valence-electron chi connectivity index (χ2n) is 4.90. The summed E-state index contributed by atoms with van der Waals surface area (Å²) in [5.41, 5.74) is 0.